The van der Waals surface area contributed by atoms with Crippen LogP contribution in [0.2, 0.25) is 0 Å². The van der Waals surface area contributed by atoms with E-state index >= 15 is 0 Å². The van der Waals surface area contributed by atoms with Gasteiger partial charge in [-0.15, -0.1) is 0 Å². The molecular weight excluding hydrogens is 204 g/mol. The fraction of sp³-hybridized carbons (Fsp3) is 0.692. The SMILES string of the molecule is CCC=CCC1C(=O)CCC1CCC(=O)O. The predicted molar refractivity (Wildman–Crippen MR) is 62.1 cm³/mol. The van der Waals surface area contributed by atoms with Crippen LogP contribution in [0.25, 0.3) is 0 Å². The van der Waals surface area contributed by atoms with Crippen molar-refractivity contribution in [2.45, 2.75) is 45.4 Å². The summed E-state index contributed by atoms with van der Waals surface area (Å²) in [6, 6.07) is 0. The topological polar surface area (TPSA) is 54.4 Å². The summed E-state index contributed by atoms with van der Waals surface area (Å²) in [4.78, 5) is 22.1. The van der Waals surface area contributed by atoms with Crippen LogP contribution >= 0.6 is 0 Å². The fourth-order valence-electron chi connectivity index (χ4n) is 2.36. The van der Waals surface area contributed by atoms with E-state index < -0.39 is 5.97 Å². The lowest BCUT2D eigenvalue weighted by Gasteiger charge is -2.15. The van der Waals surface area contributed by atoms with Crippen molar-refractivity contribution in [3.8, 4) is 0 Å². The highest BCUT2D eigenvalue weighted by atomic mass is 16.4. The van der Waals surface area contributed by atoms with Gasteiger partial charge in [-0.1, -0.05) is 19.1 Å². The summed E-state index contributed by atoms with van der Waals surface area (Å²) in [5.74, 6) is -0.0920. The number of hydrogen-bond acceptors (Lipinski definition) is 2. The third-order valence-electron chi connectivity index (χ3n) is 3.27. The Morgan fingerprint density at radius 1 is 1.50 bits per heavy atom. The largest absolute Gasteiger partial charge is 0.481 e. The maximum Gasteiger partial charge on any atom is 0.303 e. The Labute approximate surface area is 96.5 Å². The second-order valence-corrected chi connectivity index (χ2v) is 4.42. The minimum atomic E-state index is -0.762. The number of carboxylic acid groups (broad SMARTS) is 1. The van der Waals surface area contributed by atoms with Crippen molar-refractivity contribution >= 4 is 11.8 Å². The molecule has 16 heavy (non-hydrogen) atoms. The Bertz CT molecular complexity index is 281. The molecule has 0 bridgehead atoms. The van der Waals surface area contributed by atoms with Gasteiger partial charge >= 0.3 is 5.97 Å². The molecule has 90 valence electrons. The molecule has 0 saturated heterocycles. The summed E-state index contributed by atoms with van der Waals surface area (Å²) in [5, 5.41) is 8.64. The lowest BCUT2D eigenvalue weighted by atomic mass is 9.88. The van der Waals surface area contributed by atoms with Crippen LogP contribution in [-0.2, 0) is 9.59 Å². The van der Waals surface area contributed by atoms with Gasteiger partial charge in [-0.05, 0) is 31.6 Å². The van der Waals surface area contributed by atoms with Crippen LogP contribution in [0.3, 0.4) is 0 Å². The predicted octanol–water partition coefficient (Wildman–Crippen LogP) is 2.80. The van der Waals surface area contributed by atoms with E-state index in [9.17, 15) is 9.59 Å². The van der Waals surface area contributed by atoms with Crippen LogP contribution in [0.4, 0.5) is 0 Å². The van der Waals surface area contributed by atoms with E-state index in [1.807, 2.05) is 0 Å². The standard InChI is InChI=1S/C13H20O3/c1-2-3-4-5-11-10(6-8-12(11)14)7-9-13(15)16/h3-4,10-11H,2,5-9H2,1H3,(H,15,16). The third kappa shape index (κ3) is 3.80. The second kappa shape index (κ2) is 6.46. The first-order valence-electron chi connectivity index (χ1n) is 6.04. The number of rotatable bonds is 6. The zero-order valence-corrected chi connectivity index (χ0v) is 9.82. The molecule has 3 heteroatoms. The minimum absolute atomic E-state index is 0.0714. The summed E-state index contributed by atoms with van der Waals surface area (Å²) in [6.07, 6.45) is 8.24. The molecule has 1 N–H and O–H groups in total. The van der Waals surface area contributed by atoms with E-state index in [4.69, 9.17) is 5.11 Å². The first-order valence-corrected chi connectivity index (χ1v) is 6.04. The number of ketones is 1. The first-order chi connectivity index (χ1) is 7.65. The highest BCUT2D eigenvalue weighted by Gasteiger charge is 2.33. The van der Waals surface area contributed by atoms with Gasteiger partial charge in [0.05, 0.1) is 0 Å². The molecule has 1 aliphatic rings. The Morgan fingerprint density at radius 2 is 2.25 bits per heavy atom. The van der Waals surface area contributed by atoms with E-state index in [1.54, 1.807) is 0 Å². The smallest absolute Gasteiger partial charge is 0.303 e. The minimum Gasteiger partial charge on any atom is -0.481 e. The van der Waals surface area contributed by atoms with Crippen LogP contribution in [0.5, 0.6) is 0 Å². The van der Waals surface area contributed by atoms with Crippen LogP contribution in [0.15, 0.2) is 12.2 Å². The van der Waals surface area contributed by atoms with Gasteiger partial charge in [-0.25, -0.2) is 0 Å². The Morgan fingerprint density at radius 3 is 2.88 bits per heavy atom. The number of hydrogen-bond donors (Lipinski definition) is 1. The van der Waals surface area contributed by atoms with Crippen molar-refractivity contribution < 1.29 is 14.7 Å². The van der Waals surface area contributed by atoms with Gasteiger partial charge in [0.15, 0.2) is 0 Å². The van der Waals surface area contributed by atoms with Crippen molar-refractivity contribution in [2.75, 3.05) is 0 Å². The van der Waals surface area contributed by atoms with Crippen molar-refractivity contribution in [1.82, 2.24) is 0 Å². The zero-order valence-electron chi connectivity index (χ0n) is 9.82. The lowest BCUT2D eigenvalue weighted by Crippen LogP contribution is -2.15. The Kier molecular flexibility index (Phi) is 5.23. The molecule has 2 atom stereocenters. The number of Topliss-reactive ketones (excluding diaryl/α,β-unsaturated/α-hetero) is 1. The molecule has 0 heterocycles. The molecule has 1 fully saturated rings. The molecule has 0 aromatic carbocycles. The molecule has 0 amide bonds. The lowest BCUT2D eigenvalue weighted by molar-refractivity contribution is -0.137. The van der Waals surface area contributed by atoms with Gasteiger partial charge in [0, 0.05) is 18.8 Å². The van der Waals surface area contributed by atoms with Gasteiger partial charge in [0.25, 0.3) is 0 Å². The van der Waals surface area contributed by atoms with E-state index in [-0.39, 0.29) is 18.3 Å². The average Bonchev–Trinajstić information content (AvgIpc) is 2.58. The molecule has 0 aromatic rings. The van der Waals surface area contributed by atoms with E-state index in [1.165, 1.54) is 0 Å². The van der Waals surface area contributed by atoms with Gasteiger partial charge in [0.1, 0.15) is 5.78 Å². The molecular formula is C13H20O3. The molecule has 1 saturated carbocycles. The summed E-state index contributed by atoms with van der Waals surface area (Å²) in [6.45, 7) is 2.06. The normalized spacial score (nSPS) is 25.4. The quantitative estimate of drug-likeness (QED) is 0.706. The van der Waals surface area contributed by atoms with Crippen LogP contribution in [0.1, 0.15) is 45.4 Å². The molecule has 3 nitrogen and oxygen atoms in total. The molecule has 1 rings (SSSR count). The Balaban J connectivity index is 2.45. The van der Waals surface area contributed by atoms with Gasteiger partial charge < -0.3 is 5.11 Å². The molecule has 0 spiro atoms. The molecule has 0 aromatic heterocycles. The van der Waals surface area contributed by atoms with Crippen molar-refractivity contribution in [3.63, 3.8) is 0 Å². The number of aliphatic carboxylic acids is 1. The summed E-state index contributed by atoms with van der Waals surface area (Å²) < 4.78 is 0. The molecule has 0 aliphatic heterocycles. The maximum atomic E-state index is 11.6. The van der Waals surface area contributed by atoms with E-state index in [2.05, 4.69) is 19.1 Å². The highest BCUT2D eigenvalue weighted by molar-refractivity contribution is 5.83. The van der Waals surface area contributed by atoms with Crippen LogP contribution < -0.4 is 0 Å². The highest BCUT2D eigenvalue weighted by Crippen LogP contribution is 2.34. The van der Waals surface area contributed by atoms with E-state index in [0.717, 1.165) is 19.3 Å². The van der Waals surface area contributed by atoms with Crippen molar-refractivity contribution in [2.24, 2.45) is 11.8 Å². The van der Waals surface area contributed by atoms with Crippen molar-refractivity contribution in [1.29, 1.82) is 0 Å². The van der Waals surface area contributed by atoms with Gasteiger partial charge in [0.2, 0.25) is 0 Å². The fourth-order valence-corrected chi connectivity index (χ4v) is 2.36. The number of allylic oxidation sites excluding steroid dienone is 2. The van der Waals surface area contributed by atoms with Gasteiger partial charge in [-0.2, -0.15) is 0 Å². The van der Waals surface area contributed by atoms with Crippen LogP contribution in [-0.4, -0.2) is 16.9 Å². The number of carbonyl (C=O) groups is 2. The summed E-state index contributed by atoms with van der Waals surface area (Å²) in [5.41, 5.74) is 0. The van der Waals surface area contributed by atoms with Crippen LogP contribution in [0, 0.1) is 11.8 Å². The molecule has 0 radical (unpaired) electrons. The zero-order chi connectivity index (χ0) is 12.0. The second-order valence-electron chi connectivity index (χ2n) is 4.42. The summed E-state index contributed by atoms with van der Waals surface area (Å²) >= 11 is 0. The average molecular weight is 224 g/mol. The first kappa shape index (κ1) is 12.9. The molecule has 1 aliphatic carbocycles. The maximum absolute atomic E-state index is 11.6. The Hall–Kier alpha value is -1.12. The molecule has 2 unspecified atom stereocenters. The van der Waals surface area contributed by atoms with Crippen molar-refractivity contribution in [3.05, 3.63) is 12.2 Å². The van der Waals surface area contributed by atoms with E-state index in [0.29, 0.717) is 18.6 Å². The number of carbonyl (C=O) groups excluding carboxylic acids is 1. The monoisotopic (exact) mass is 224 g/mol. The van der Waals surface area contributed by atoms with Gasteiger partial charge in [-0.3, -0.25) is 9.59 Å². The summed E-state index contributed by atoms with van der Waals surface area (Å²) in [7, 11) is 0. The number of carboxylic acids is 1. The third-order valence-corrected chi connectivity index (χ3v) is 3.27.